The van der Waals surface area contributed by atoms with E-state index >= 15 is 0 Å². The minimum absolute atomic E-state index is 0.385. The lowest BCUT2D eigenvalue weighted by molar-refractivity contribution is 0.00578. The second-order valence-electron chi connectivity index (χ2n) is 8.83. The molecule has 2 aromatic rings. The summed E-state index contributed by atoms with van der Waals surface area (Å²) in [5.74, 6) is 0. The summed E-state index contributed by atoms with van der Waals surface area (Å²) in [7, 11) is -0.413. The van der Waals surface area contributed by atoms with Crippen LogP contribution in [0.5, 0.6) is 0 Å². The van der Waals surface area contributed by atoms with Gasteiger partial charge in [-0.05, 0) is 56.9 Å². The first kappa shape index (κ1) is 27.2. The molecule has 1 aromatic carbocycles. The molecule has 178 valence electrons. The predicted molar refractivity (Wildman–Crippen MR) is 147 cm³/mol. The van der Waals surface area contributed by atoms with Crippen LogP contribution in [0.15, 0.2) is 84.5 Å². The molecule has 0 radical (unpaired) electrons. The highest BCUT2D eigenvalue weighted by Gasteiger charge is 2.51. The van der Waals surface area contributed by atoms with Crippen molar-refractivity contribution in [2.45, 2.75) is 59.7 Å². The van der Waals surface area contributed by atoms with Gasteiger partial charge < -0.3 is 9.31 Å². The molecule has 1 fully saturated rings. The van der Waals surface area contributed by atoms with Gasteiger partial charge in [0.05, 0.1) is 22.2 Å². The van der Waals surface area contributed by atoms with Crippen molar-refractivity contribution in [1.82, 2.24) is 4.98 Å². The van der Waals surface area contributed by atoms with Crippen LogP contribution in [0.2, 0.25) is 0 Å². The molecule has 0 spiro atoms. The number of aromatic nitrogens is 1. The number of hydrogen-bond donors (Lipinski definition) is 0. The van der Waals surface area contributed by atoms with Gasteiger partial charge in [-0.25, -0.2) is 0 Å². The van der Waals surface area contributed by atoms with E-state index in [0.717, 1.165) is 38.6 Å². The number of nitrogens with zero attached hydrogens (tertiary/aromatic N) is 2. The maximum Gasteiger partial charge on any atom is 0.494 e. The van der Waals surface area contributed by atoms with Crippen LogP contribution in [0.3, 0.4) is 0 Å². The van der Waals surface area contributed by atoms with Crippen LogP contribution in [0.4, 0.5) is 0 Å². The molecule has 1 saturated heterocycles. The number of allylic oxidation sites excluding steroid dienone is 4. The Kier molecular flexibility index (Phi) is 9.14. The maximum atomic E-state index is 6.18. The van der Waals surface area contributed by atoms with Crippen molar-refractivity contribution >= 4 is 30.6 Å². The van der Waals surface area contributed by atoms with E-state index < -0.39 is 7.12 Å². The molecule has 0 bridgehead atoms. The Balaban J connectivity index is 0.00000199. The summed E-state index contributed by atoms with van der Waals surface area (Å²) < 4.78 is 12.4. The van der Waals surface area contributed by atoms with E-state index in [0.29, 0.717) is 0 Å². The van der Waals surface area contributed by atoms with Crippen LogP contribution >= 0.6 is 0 Å². The van der Waals surface area contributed by atoms with Crippen LogP contribution in [0.1, 0.15) is 54.0 Å². The molecule has 0 amide bonds. The Morgan fingerprint density at radius 2 is 1.59 bits per heavy atom. The Hall–Kier alpha value is -3.02. The van der Waals surface area contributed by atoms with E-state index in [1.165, 1.54) is 0 Å². The second kappa shape index (κ2) is 11.4. The lowest BCUT2D eigenvalue weighted by Crippen LogP contribution is -2.41. The van der Waals surface area contributed by atoms with E-state index in [-0.39, 0.29) is 11.2 Å². The van der Waals surface area contributed by atoms with Crippen LogP contribution < -0.4 is 16.0 Å². The average molecular weight is 456 g/mol. The van der Waals surface area contributed by atoms with Crippen molar-refractivity contribution in [2.75, 3.05) is 0 Å². The van der Waals surface area contributed by atoms with Gasteiger partial charge in [-0.3, -0.25) is 9.98 Å². The fourth-order valence-corrected chi connectivity index (χ4v) is 3.38. The highest BCUT2D eigenvalue weighted by atomic mass is 16.7. The Morgan fingerprint density at radius 1 is 1.00 bits per heavy atom. The molecule has 1 aromatic heterocycles. The van der Waals surface area contributed by atoms with Gasteiger partial charge in [0.1, 0.15) is 0 Å². The fraction of sp³-hybridized carbons (Fsp3) is 0.310. The summed E-state index contributed by atoms with van der Waals surface area (Å²) in [5.41, 5.74) is 3.57. The molecule has 3 rings (SSSR count). The van der Waals surface area contributed by atoms with Gasteiger partial charge in [0.25, 0.3) is 0 Å². The molecule has 0 atom stereocenters. The third-order valence-electron chi connectivity index (χ3n) is 6.04. The van der Waals surface area contributed by atoms with Crippen LogP contribution in [0.25, 0.3) is 12.3 Å². The summed E-state index contributed by atoms with van der Waals surface area (Å²) in [5, 5.41) is 1.54. The van der Waals surface area contributed by atoms with Crippen molar-refractivity contribution < 1.29 is 9.31 Å². The normalized spacial score (nSPS) is 18.0. The van der Waals surface area contributed by atoms with Crippen molar-refractivity contribution in [3.05, 3.63) is 95.7 Å². The standard InChI is InChI=1S/C27H31BN2O2.C2H6/c1-9-12-21(10-2)20(4)30-25(24-19(3)13-11-18-29-24)22-14-16-23(17-15-22)28-31-26(5,6)27(7,8)32-28;1-2/h9-18H,1-3H2,4-8H3;1-2H3/b21-12+,25-24+,30-20+;. The summed E-state index contributed by atoms with van der Waals surface area (Å²) in [4.78, 5) is 9.48. The van der Waals surface area contributed by atoms with Crippen molar-refractivity contribution in [3.63, 3.8) is 0 Å². The lowest BCUT2D eigenvalue weighted by Gasteiger charge is -2.32. The zero-order valence-electron chi connectivity index (χ0n) is 21.7. The molecule has 2 heterocycles. The van der Waals surface area contributed by atoms with Gasteiger partial charge in [0.2, 0.25) is 0 Å². The molecule has 0 unspecified atom stereocenters. The second-order valence-corrected chi connectivity index (χ2v) is 8.83. The lowest BCUT2D eigenvalue weighted by atomic mass is 9.79. The Labute approximate surface area is 205 Å². The van der Waals surface area contributed by atoms with E-state index in [1.54, 1.807) is 18.3 Å². The molecular weight excluding hydrogens is 419 g/mol. The molecule has 1 aliphatic rings. The van der Waals surface area contributed by atoms with Crippen LogP contribution in [-0.4, -0.2) is 29.0 Å². The van der Waals surface area contributed by atoms with Crippen LogP contribution in [0, 0.1) is 0 Å². The topological polar surface area (TPSA) is 43.7 Å². The van der Waals surface area contributed by atoms with Crippen molar-refractivity contribution in [1.29, 1.82) is 0 Å². The zero-order valence-corrected chi connectivity index (χ0v) is 21.7. The number of hydrogen-bond acceptors (Lipinski definition) is 4. The average Bonchev–Trinajstić information content (AvgIpc) is 3.04. The minimum Gasteiger partial charge on any atom is -0.399 e. The highest BCUT2D eigenvalue weighted by molar-refractivity contribution is 6.62. The smallest absolute Gasteiger partial charge is 0.399 e. The first-order valence-corrected chi connectivity index (χ1v) is 11.7. The van der Waals surface area contributed by atoms with Gasteiger partial charge in [-0.15, -0.1) is 0 Å². The summed E-state index contributed by atoms with van der Waals surface area (Å²) >= 11 is 0. The molecule has 5 heteroatoms. The van der Waals surface area contributed by atoms with Crippen molar-refractivity contribution in [2.24, 2.45) is 4.99 Å². The third-order valence-corrected chi connectivity index (χ3v) is 6.04. The van der Waals surface area contributed by atoms with Gasteiger partial charge in [-0.1, -0.05) is 82.1 Å². The minimum atomic E-state index is -0.413. The number of benzene rings is 1. The predicted octanol–water partition coefficient (Wildman–Crippen LogP) is 4.73. The molecule has 0 aliphatic carbocycles. The number of aliphatic imine (C=N–C) groups is 1. The monoisotopic (exact) mass is 456 g/mol. The number of pyridine rings is 1. The van der Waals surface area contributed by atoms with E-state index in [4.69, 9.17) is 14.3 Å². The number of rotatable bonds is 6. The maximum absolute atomic E-state index is 6.18. The van der Waals surface area contributed by atoms with Gasteiger partial charge >= 0.3 is 7.12 Å². The zero-order chi connectivity index (χ0) is 25.5. The summed E-state index contributed by atoms with van der Waals surface area (Å²) in [6.45, 7) is 26.0. The molecular formula is C29H37BN2O2. The molecule has 0 N–H and O–H groups in total. The van der Waals surface area contributed by atoms with Gasteiger partial charge in [-0.2, -0.15) is 0 Å². The highest BCUT2D eigenvalue weighted by Crippen LogP contribution is 2.36. The summed E-state index contributed by atoms with van der Waals surface area (Å²) in [6, 6.07) is 11.9. The van der Waals surface area contributed by atoms with Gasteiger partial charge in [0.15, 0.2) is 0 Å². The van der Waals surface area contributed by atoms with E-state index in [9.17, 15) is 0 Å². The SMILES string of the molecule is C=C/C=C(C=C)/C(C)=N/C(c1ccc(B2OC(C)(C)C(C)(C)O2)cc1)=c1/ncccc1=C.CC. The van der Waals surface area contributed by atoms with Gasteiger partial charge in [0, 0.05) is 17.5 Å². The molecule has 4 nitrogen and oxygen atoms in total. The Bertz CT molecular complexity index is 1180. The molecule has 1 aliphatic heterocycles. The van der Waals surface area contributed by atoms with Crippen molar-refractivity contribution in [3.8, 4) is 0 Å². The first-order valence-electron chi connectivity index (χ1n) is 11.7. The van der Waals surface area contributed by atoms with E-state index in [1.807, 2.05) is 63.2 Å². The Morgan fingerprint density at radius 3 is 2.09 bits per heavy atom. The van der Waals surface area contributed by atoms with Crippen LogP contribution in [-0.2, 0) is 9.31 Å². The quantitative estimate of drug-likeness (QED) is 0.359. The first-order chi connectivity index (χ1) is 16.1. The fourth-order valence-electron chi connectivity index (χ4n) is 3.38. The molecule has 34 heavy (non-hydrogen) atoms. The third kappa shape index (κ3) is 5.91. The van der Waals surface area contributed by atoms with E-state index in [2.05, 4.69) is 52.4 Å². The molecule has 0 saturated carbocycles. The summed E-state index contributed by atoms with van der Waals surface area (Å²) in [6.07, 6.45) is 7.13. The largest absolute Gasteiger partial charge is 0.494 e.